The first-order chi connectivity index (χ1) is 16.8. The quantitative estimate of drug-likeness (QED) is 0.324. The summed E-state index contributed by atoms with van der Waals surface area (Å²) >= 11 is 0. The summed E-state index contributed by atoms with van der Waals surface area (Å²) in [5, 5.41) is 4.62. The summed E-state index contributed by atoms with van der Waals surface area (Å²) in [6.45, 7) is 1.35. The van der Waals surface area contributed by atoms with Crippen LogP contribution in [0.4, 0.5) is 15.8 Å². The molecular weight excluding hydrogens is 467 g/mol. The first-order valence-corrected chi connectivity index (χ1v) is 12.3. The highest BCUT2D eigenvalue weighted by Gasteiger charge is 2.27. The van der Waals surface area contributed by atoms with Crippen LogP contribution in [0.25, 0.3) is 21.9 Å². The monoisotopic (exact) mass is 488 g/mol. The molecule has 6 nitrogen and oxygen atoms in total. The molecule has 0 saturated carbocycles. The third-order valence-electron chi connectivity index (χ3n) is 5.67. The van der Waals surface area contributed by atoms with E-state index in [1.165, 1.54) is 24.3 Å². The summed E-state index contributed by atoms with van der Waals surface area (Å²) in [6, 6.07) is 24.2. The van der Waals surface area contributed by atoms with Crippen LogP contribution in [-0.2, 0) is 14.8 Å². The van der Waals surface area contributed by atoms with Gasteiger partial charge in [0.05, 0.1) is 10.6 Å². The fourth-order valence-electron chi connectivity index (χ4n) is 3.89. The van der Waals surface area contributed by atoms with Crippen molar-refractivity contribution >= 4 is 49.2 Å². The van der Waals surface area contributed by atoms with Crippen LogP contribution >= 0.6 is 0 Å². The second-order valence-electron chi connectivity index (χ2n) is 8.16. The van der Waals surface area contributed by atoms with Crippen molar-refractivity contribution in [3.8, 4) is 0 Å². The Morgan fingerprint density at radius 1 is 0.886 bits per heavy atom. The van der Waals surface area contributed by atoms with Gasteiger partial charge in [-0.2, -0.15) is 0 Å². The molecular formula is C27H21FN2O4S. The minimum absolute atomic E-state index is 0.0314. The summed E-state index contributed by atoms with van der Waals surface area (Å²) < 4.78 is 47.2. The highest BCUT2D eigenvalue weighted by molar-refractivity contribution is 7.92. The van der Waals surface area contributed by atoms with Crippen molar-refractivity contribution in [3.63, 3.8) is 0 Å². The fraction of sp³-hybridized carbons (Fsp3) is 0.0741. The molecule has 0 aliphatic rings. The van der Waals surface area contributed by atoms with Gasteiger partial charge in [0.2, 0.25) is 5.91 Å². The van der Waals surface area contributed by atoms with Gasteiger partial charge in [-0.15, -0.1) is 0 Å². The number of benzene rings is 4. The topological polar surface area (TPSA) is 79.6 Å². The van der Waals surface area contributed by atoms with Crippen LogP contribution < -0.4 is 9.62 Å². The van der Waals surface area contributed by atoms with E-state index in [4.69, 9.17) is 4.42 Å². The van der Waals surface area contributed by atoms with Gasteiger partial charge in [0.15, 0.2) is 0 Å². The zero-order valence-corrected chi connectivity index (χ0v) is 19.6. The molecule has 0 fully saturated rings. The second-order valence-corrected chi connectivity index (χ2v) is 10.0. The Morgan fingerprint density at radius 2 is 1.57 bits per heavy atom. The zero-order valence-electron chi connectivity index (χ0n) is 18.7. The van der Waals surface area contributed by atoms with Crippen molar-refractivity contribution in [1.29, 1.82) is 0 Å². The lowest BCUT2D eigenvalue weighted by atomic mass is 10.1. The molecule has 0 bridgehead atoms. The molecule has 1 amide bonds. The number of hydrogen-bond donors (Lipinski definition) is 1. The van der Waals surface area contributed by atoms with E-state index in [1.807, 2.05) is 37.3 Å². The molecule has 5 rings (SSSR count). The van der Waals surface area contributed by atoms with Gasteiger partial charge in [0.25, 0.3) is 10.0 Å². The van der Waals surface area contributed by atoms with E-state index in [2.05, 4.69) is 5.32 Å². The van der Waals surface area contributed by atoms with E-state index in [0.717, 1.165) is 38.4 Å². The predicted octanol–water partition coefficient (Wildman–Crippen LogP) is 5.87. The van der Waals surface area contributed by atoms with Crippen molar-refractivity contribution in [1.82, 2.24) is 0 Å². The third kappa shape index (κ3) is 4.48. The maximum Gasteiger partial charge on any atom is 0.264 e. The maximum atomic E-state index is 13.5. The van der Waals surface area contributed by atoms with Gasteiger partial charge >= 0.3 is 0 Å². The van der Waals surface area contributed by atoms with E-state index in [0.29, 0.717) is 11.3 Å². The number of rotatable bonds is 6. The number of carbonyl (C=O) groups excluding carboxylic acids is 1. The SMILES string of the molecule is Cc1ccc(S(=O)(=O)N(CC(=O)Nc2ccc3c(c2)oc2ccccc23)c2ccc(F)cc2)cc1. The molecule has 4 aromatic carbocycles. The van der Waals surface area contributed by atoms with Crippen LogP contribution in [0.2, 0.25) is 0 Å². The number of carbonyl (C=O) groups is 1. The smallest absolute Gasteiger partial charge is 0.264 e. The summed E-state index contributed by atoms with van der Waals surface area (Å²) in [4.78, 5) is 13.0. The van der Waals surface area contributed by atoms with Crippen molar-refractivity contribution in [2.24, 2.45) is 0 Å². The van der Waals surface area contributed by atoms with Crippen LogP contribution in [-0.4, -0.2) is 20.9 Å². The van der Waals surface area contributed by atoms with E-state index in [1.54, 1.807) is 24.3 Å². The number of sulfonamides is 1. The molecule has 1 aromatic heterocycles. The van der Waals surface area contributed by atoms with Crippen molar-refractivity contribution in [2.75, 3.05) is 16.2 Å². The normalized spacial score (nSPS) is 11.6. The summed E-state index contributed by atoms with van der Waals surface area (Å²) in [6.07, 6.45) is 0. The van der Waals surface area contributed by atoms with Gasteiger partial charge in [-0.25, -0.2) is 12.8 Å². The molecule has 0 spiro atoms. The largest absolute Gasteiger partial charge is 0.456 e. The van der Waals surface area contributed by atoms with Crippen LogP contribution in [0, 0.1) is 12.7 Å². The Balaban J connectivity index is 1.44. The summed E-state index contributed by atoms with van der Waals surface area (Å²) in [5.74, 6) is -1.06. The standard InChI is InChI=1S/C27H21FN2O4S/c1-18-6-13-22(14-7-18)35(32,33)30(21-11-8-19(28)9-12-21)17-27(31)29-20-10-15-24-23-4-2-3-5-25(23)34-26(24)16-20/h2-16H,17H2,1H3,(H,29,31). The second kappa shape index (κ2) is 8.88. The fourth-order valence-corrected chi connectivity index (χ4v) is 5.32. The highest BCUT2D eigenvalue weighted by Crippen LogP contribution is 2.30. The highest BCUT2D eigenvalue weighted by atomic mass is 32.2. The predicted molar refractivity (Wildman–Crippen MR) is 134 cm³/mol. The zero-order chi connectivity index (χ0) is 24.6. The molecule has 8 heteroatoms. The lowest BCUT2D eigenvalue weighted by molar-refractivity contribution is -0.114. The van der Waals surface area contributed by atoms with Crippen molar-refractivity contribution in [3.05, 3.63) is 102 Å². The Labute approximate surface area is 201 Å². The molecule has 35 heavy (non-hydrogen) atoms. The lowest BCUT2D eigenvalue weighted by Gasteiger charge is -2.24. The van der Waals surface area contributed by atoms with Crippen molar-refractivity contribution in [2.45, 2.75) is 11.8 Å². The average Bonchev–Trinajstić information content (AvgIpc) is 3.21. The number of furan rings is 1. The van der Waals surface area contributed by atoms with E-state index in [9.17, 15) is 17.6 Å². The Bertz CT molecular complexity index is 1640. The van der Waals surface area contributed by atoms with Crippen LogP contribution in [0.15, 0.2) is 100 Å². The Hall–Kier alpha value is -4.17. The molecule has 0 aliphatic heterocycles. The third-order valence-corrected chi connectivity index (χ3v) is 7.46. The molecule has 176 valence electrons. The Kier molecular flexibility index (Phi) is 5.74. The van der Waals surface area contributed by atoms with Crippen LogP contribution in [0.1, 0.15) is 5.56 Å². The number of hydrogen-bond acceptors (Lipinski definition) is 4. The maximum absolute atomic E-state index is 13.5. The van der Waals surface area contributed by atoms with Gasteiger partial charge in [-0.1, -0.05) is 35.9 Å². The van der Waals surface area contributed by atoms with Gasteiger partial charge in [-0.3, -0.25) is 9.10 Å². The van der Waals surface area contributed by atoms with Crippen molar-refractivity contribution < 1.29 is 22.0 Å². The number of aryl methyl sites for hydroxylation is 1. The number of anilines is 2. The van der Waals surface area contributed by atoms with E-state index in [-0.39, 0.29) is 10.6 Å². The number of halogens is 1. The molecule has 0 atom stereocenters. The summed E-state index contributed by atoms with van der Waals surface area (Å²) in [7, 11) is -4.09. The number of nitrogens with zero attached hydrogens (tertiary/aromatic N) is 1. The van der Waals surface area contributed by atoms with Gasteiger partial charge in [0, 0.05) is 22.5 Å². The molecule has 0 unspecified atom stereocenters. The van der Waals surface area contributed by atoms with Gasteiger partial charge < -0.3 is 9.73 Å². The van der Waals surface area contributed by atoms with E-state index < -0.39 is 28.3 Å². The van der Waals surface area contributed by atoms with Crippen LogP contribution in [0.5, 0.6) is 0 Å². The van der Waals surface area contributed by atoms with Gasteiger partial charge in [0.1, 0.15) is 23.5 Å². The van der Waals surface area contributed by atoms with Gasteiger partial charge in [-0.05, 0) is 61.5 Å². The first kappa shape index (κ1) is 22.6. The lowest BCUT2D eigenvalue weighted by Crippen LogP contribution is -2.38. The molecule has 0 radical (unpaired) electrons. The molecule has 1 heterocycles. The van der Waals surface area contributed by atoms with E-state index >= 15 is 0 Å². The minimum Gasteiger partial charge on any atom is -0.456 e. The number of para-hydroxylation sites is 1. The Morgan fingerprint density at radius 3 is 2.31 bits per heavy atom. The van der Waals surface area contributed by atoms with Crippen LogP contribution in [0.3, 0.4) is 0 Å². The first-order valence-electron chi connectivity index (χ1n) is 10.9. The average molecular weight is 489 g/mol. The molecule has 5 aromatic rings. The molecule has 0 aliphatic carbocycles. The number of amides is 1. The molecule has 1 N–H and O–H groups in total. The molecule has 0 saturated heterocycles. The number of fused-ring (bicyclic) bond motifs is 3. The summed E-state index contributed by atoms with van der Waals surface area (Å²) in [5.41, 5.74) is 2.88. The minimum atomic E-state index is -4.09. The number of nitrogens with one attached hydrogen (secondary N) is 1.